The zero-order valence-corrected chi connectivity index (χ0v) is 18.3. The van der Waals surface area contributed by atoms with Gasteiger partial charge < -0.3 is 25.0 Å². The van der Waals surface area contributed by atoms with E-state index in [0.717, 1.165) is 12.1 Å². The van der Waals surface area contributed by atoms with Crippen LogP contribution in [0.3, 0.4) is 0 Å². The number of carbonyl (C=O) groups is 3. The van der Waals surface area contributed by atoms with Gasteiger partial charge in [0.15, 0.2) is 0 Å². The molecule has 2 aromatic carbocycles. The smallest absolute Gasteiger partial charge is 0.406 e. The number of alkyl halides is 3. The average Bonchev–Trinajstić information content (AvgIpc) is 3.42. The first-order valence-electron chi connectivity index (χ1n) is 10.8. The molecule has 2 bridgehead atoms. The fourth-order valence-electron chi connectivity index (χ4n) is 4.91. The second-order valence-corrected chi connectivity index (χ2v) is 8.61. The van der Waals surface area contributed by atoms with Crippen LogP contribution in [0.15, 0.2) is 60.7 Å². The third kappa shape index (κ3) is 4.23. The zero-order chi connectivity index (χ0) is 25.0. The van der Waals surface area contributed by atoms with E-state index in [9.17, 15) is 27.6 Å². The number of fused-ring (bicyclic) bond motifs is 1. The van der Waals surface area contributed by atoms with E-state index in [1.165, 1.54) is 19.1 Å². The summed E-state index contributed by atoms with van der Waals surface area (Å²) >= 11 is 0. The van der Waals surface area contributed by atoms with E-state index in [-0.39, 0.29) is 24.0 Å². The molecular weight excluding hydrogens is 467 g/mol. The number of hydrogen-bond donors (Lipinski definition) is 2. The topological polar surface area (TPSA) is 97.0 Å². The van der Waals surface area contributed by atoms with Crippen molar-refractivity contribution < 1.29 is 37.0 Å². The van der Waals surface area contributed by atoms with Gasteiger partial charge >= 0.3 is 6.36 Å². The summed E-state index contributed by atoms with van der Waals surface area (Å²) in [6, 6.07) is 11.5. The molecule has 5 rings (SSSR count). The van der Waals surface area contributed by atoms with Crippen molar-refractivity contribution >= 4 is 34.8 Å². The van der Waals surface area contributed by atoms with Crippen molar-refractivity contribution in [3.05, 3.63) is 60.7 Å². The van der Waals surface area contributed by atoms with Crippen LogP contribution in [0.5, 0.6) is 5.75 Å². The van der Waals surface area contributed by atoms with Crippen LogP contribution in [0, 0.1) is 11.8 Å². The molecule has 2 saturated heterocycles. The minimum Gasteiger partial charge on any atom is -0.406 e. The standard InChI is InChI=1S/C24H20F3N3O5/c1-13(31)28-14-2-6-16(7-3-14)30-12-23-11-10-18(35-23)19(20(23)22(30)33)21(32)29-15-4-8-17(9-5-15)34-24(25,26)27/h2-11,18-20H,12H2,1H3,(H,28,31)(H,29,32)/t18-,19-,20-,23+/m1/s1. The molecular formula is C24H20F3N3O5. The molecule has 0 aromatic heterocycles. The van der Waals surface area contributed by atoms with Gasteiger partial charge in [0.25, 0.3) is 0 Å². The van der Waals surface area contributed by atoms with Gasteiger partial charge in [0.05, 0.1) is 24.5 Å². The Morgan fingerprint density at radius 2 is 1.69 bits per heavy atom. The van der Waals surface area contributed by atoms with Gasteiger partial charge in [-0.05, 0) is 48.5 Å². The number of amides is 3. The van der Waals surface area contributed by atoms with Crippen molar-refractivity contribution in [3.63, 3.8) is 0 Å². The van der Waals surface area contributed by atoms with Gasteiger partial charge in [-0.15, -0.1) is 13.2 Å². The number of benzene rings is 2. The maximum absolute atomic E-state index is 13.4. The monoisotopic (exact) mass is 487 g/mol. The Kier molecular flexibility index (Phi) is 5.32. The molecule has 0 aliphatic carbocycles. The Bertz CT molecular complexity index is 1210. The summed E-state index contributed by atoms with van der Waals surface area (Å²) in [4.78, 5) is 39.4. The molecule has 182 valence electrons. The predicted molar refractivity (Wildman–Crippen MR) is 119 cm³/mol. The molecule has 2 N–H and O–H groups in total. The quantitative estimate of drug-likeness (QED) is 0.630. The van der Waals surface area contributed by atoms with Crippen molar-refractivity contribution in [3.8, 4) is 5.75 Å². The minimum atomic E-state index is -4.81. The third-order valence-corrected chi connectivity index (χ3v) is 6.26. The van der Waals surface area contributed by atoms with Crippen LogP contribution in [0.25, 0.3) is 0 Å². The first kappa shape index (κ1) is 22.9. The SMILES string of the molecule is CC(=O)Nc1ccc(N2C[C@]34C=C[C@@H](O3)[C@@H](C(=O)Nc3ccc(OC(F)(F)F)cc3)[C@@H]4C2=O)cc1. The van der Waals surface area contributed by atoms with Crippen molar-refractivity contribution in [2.24, 2.45) is 11.8 Å². The number of carbonyl (C=O) groups excluding carboxylic acids is 3. The van der Waals surface area contributed by atoms with Crippen molar-refractivity contribution in [1.82, 2.24) is 0 Å². The van der Waals surface area contributed by atoms with E-state index in [4.69, 9.17) is 4.74 Å². The summed E-state index contributed by atoms with van der Waals surface area (Å²) in [6.07, 6.45) is -1.82. The van der Waals surface area contributed by atoms with Gasteiger partial charge in [-0.2, -0.15) is 0 Å². The number of nitrogens with one attached hydrogen (secondary N) is 2. The lowest BCUT2D eigenvalue weighted by Crippen LogP contribution is -2.41. The van der Waals surface area contributed by atoms with Crippen LogP contribution in [0.2, 0.25) is 0 Å². The largest absolute Gasteiger partial charge is 0.573 e. The molecule has 2 fully saturated rings. The fourth-order valence-corrected chi connectivity index (χ4v) is 4.91. The van der Waals surface area contributed by atoms with E-state index in [1.807, 2.05) is 6.08 Å². The Morgan fingerprint density at radius 3 is 2.31 bits per heavy atom. The number of rotatable bonds is 5. The molecule has 0 unspecified atom stereocenters. The maximum Gasteiger partial charge on any atom is 0.573 e. The number of halogens is 3. The van der Waals surface area contributed by atoms with E-state index in [1.54, 1.807) is 35.2 Å². The highest BCUT2D eigenvalue weighted by molar-refractivity contribution is 6.05. The second kappa shape index (κ2) is 8.12. The maximum atomic E-state index is 13.4. The number of ether oxygens (including phenoxy) is 2. The van der Waals surface area contributed by atoms with Gasteiger partial charge in [-0.1, -0.05) is 12.2 Å². The lowest BCUT2D eigenvalue weighted by molar-refractivity contribution is -0.274. The zero-order valence-electron chi connectivity index (χ0n) is 18.3. The molecule has 0 radical (unpaired) electrons. The lowest BCUT2D eigenvalue weighted by atomic mass is 9.77. The summed E-state index contributed by atoms with van der Waals surface area (Å²) in [6.45, 7) is 1.63. The first-order valence-corrected chi connectivity index (χ1v) is 10.8. The molecule has 3 amide bonds. The Morgan fingerprint density at radius 1 is 1.06 bits per heavy atom. The van der Waals surface area contributed by atoms with Crippen LogP contribution in [0.4, 0.5) is 30.2 Å². The number of anilines is 3. The van der Waals surface area contributed by atoms with E-state index in [0.29, 0.717) is 11.4 Å². The highest BCUT2D eigenvalue weighted by Gasteiger charge is 2.67. The molecule has 3 aliphatic rings. The molecule has 1 spiro atoms. The van der Waals surface area contributed by atoms with Gasteiger partial charge in [-0.3, -0.25) is 14.4 Å². The molecule has 0 saturated carbocycles. The van der Waals surface area contributed by atoms with Gasteiger partial charge in [0.1, 0.15) is 11.4 Å². The minimum absolute atomic E-state index is 0.213. The summed E-state index contributed by atoms with van der Waals surface area (Å²) in [5, 5.41) is 5.33. The average molecular weight is 487 g/mol. The molecule has 2 aromatic rings. The molecule has 35 heavy (non-hydrogen) atoms. The number of nitrogens with zero attached hydrogens (tertiary/aromatic N) is 1. The molecule has 8 nitrogen and oxygen atoms in total. The molecule has 3 aliphatic heterocycles. The Hall–Kier alpha value is -3.86. The van der Waals surface area contributed by atoms with Gasteiger partial charge in [0.2, 0.25) is 17.7 Å². The first-order chi connectivity index (χ1) is 16.5. The summed E-state index contributed by atoms with van der Waals surface area (Å²) in [5.74, 6) is -2.91. The second-order valence-electron chi connectivity index (χ2n) is 8.61. The summed E-state index contributed by atoms with van der Waals surface area (Å²) in [7, 11) is 0. The van der Waals surface area contributed by atoms with E-state index >= 15 is 0 Å². The van der Waals surface area contributed by atoms with Crippen LogP contribution >= 0.6 is 0 Å². The Balaban J connectivity index is 1.32. The van der Waals surface area contributed by atoms with Crippen molar-refractivity contribution in [2.45, 2.75) is 25.0 Å². The van der Waals surface area contributed by atoms with E-state index < -0.39 is 41.6 Å². The van der Waals surface area contributed by atoms with Crippen LogP contribution in [-0.4, -0.2) is 42.3 Å². The third-order valence-electron chi connectivity index (χ3n) is 6.26. The predicted octanol–water partition coefficient (Wildman–Crippen LogP) is 3.47. The van der Waals surface area contributed by atoms with Crippen molar-refractivity contribution in [2.75, 3.05) is 22.1 Å². The molecule has 11 heteroatoms. The van der Waals surface area contributed by atoms with Crippen LogP contribution in [0.1, 0.15) is 6.92 Å². The lowest BCUT2D eigenvalue weighted by Gasteiger charge is -2.23. The summed E-state index contributed by atoms with van der Waals surface area (Å²) < 4.78 is 47.0. The van der Waals surface area contributed by atoms with Crippen LogP contribution < -0.4 is 20.3 Å². The van der Waals surface area contributed by atoms with Gasteiger partial charge in [0, 0.05) is 24.0 Å². The van der Waals surface area contributed by atoms with Crippen molar-refractivity contribution in [1.29, 1.82) is 0 Å². The highest BCUT2D eigenvalue weighted by Crippen LogP contribution is 2.52. The van der Waals surface area contributed by atoms with Crippen LogP contribution in [-0.2, 0) is 19.1 Å². The van der Waals surface area contributed by atoms with E-state index in [2.05, 4.69) is 15.4 Å². The summed E-state index contributed by atoms with van der Waals surface area (Å²) in [5.41, 5.74) is 0.519. The number of hydrogen-bond acceptors (Lipinski definition) is 5. The van der Waals surface area contributed by atoms with Gasteiger partial charge in [-0.25, -0.2) is 0 Å². The Labute approximate surface area is 197 Å². The molecule has 3 heterocycles. The fraction of sp³-hybridized carbons (Fsp3) is 0.292. The normalized spacial score (nSPS) is 26.6. The molecule has 4 atom stereocenters. The highest BCUT2D eigenvalue weighted by atomic mass is 19.4.